The van der Waals surface area contributed by atoms with Crippen LogP contribution in [0.3, 0.4) is 0 Å². The van der Waals surface area contributed by atoms with Crippen molar-refractivity contribution in [3.8, 4) is 0 Å². The highest BCUT2D eigenvalue weighted by molar-refractivity contribution is 5.23. The smallest absolute Gasteiger partial charge is 0.0727 e. The monoisotopic (exact) mass is 307 g/mol. The predicted molar refractivity (Wildman–Crippen MR) is 85.6 cm³/mol. The van der Waals surface area contributed by atoms with Crippen molar-refractivity contribution in [1.82, 2.24) is 15.1 Å². The van der Waals surface area contributed by atoms with E-state index in [2.05, 4.69) is 35.9 Å². The number of aliphatic hydroxyl groups is 1. The number of nitrogens with one attached hydrogen (secondary N) is 1. The summed E-state index contributed by atoms with van der Waals surface area (Å²) in [6.07, 6.45) is 2.87. The highest BCUT2D eigenvalue weighted by Crippen LogP contribution is 2.39. The molecule has 0 amide bonds. The molecule has 1 aromatic rings. The topological polar surface area (TPSA) is 61.4 Å². The van der Waals surface area contributed by atoms with Crippen LogP contribution in [0.2, 0.25) is 0 Å². The first-order valence-corrected chi connectivity index (χ1v) is 8.53. The summed E-state index contributed by atoms with van der Waals surface area (Å²) < 4.78 is 5.46. The van der Waals surface area contributed by atoms with Crippen molar-refractivity contribution in [3.63, 3.8) is 0 Å². The van der Waals surface area contributed by atoms with E-state index in [4.69, 9.17) is 4.74 Å². The van der Waals surface area contributed by atoms with Gasteiger partial charge in [-0.05, 0) is 44.9 Å². The molecule has 1 aromatic heterocycles. The van der Waals surface area contributed by atoms with E-state index in [9.17, 15) is 5.11 Å². The molecule has 3 rings (SSSR count). The minimum Gasteiger partial charge on any atom is -0.389 e. The van der Waals surface area contributed by atoms with Gasteiger partial charge < -0.3 is 9.84 Å². The minimum absolute atomic E-state index is 0.303. The lowest BCUT2D eigenvalue weighted by atomic mass is 9.70. The van der Waals surface area contributed by atoms with Crippen LogP contribution in [0.25, 0.3) is 0 Å². The normalized spacial score (nSPS) is 31.5. The summed E-state index contributed by atoms with van der Waals surface area (Å²) >= 11 is 0. The van der Waals surface area contributed by atoms with Crippen molar-refractivity contribution in [2.75, 3.05) is 26.3 Å². The number of piperidine rings is 1. The van der Waals surface area contributed by atoms with Crippen LogP contribution in [0.15, 0.2) is 0 Å². The van der Waals surface area contributed by atoms with Gasteiger partial charge in [0.2, 0.25) is 0 Å². The molecule has 22 heavy (non-hydrogen) atoms. The van der Waals surface area contributed by atoms with Gasteiger partial charge in [-0.2, -0.15) is 5.10 Å². The molecule has 0 unspecified atom stereocenters. The van der Waals surface area contributed by atoms with Crippen molar-refractivity contribution in [2.24, 2.45) is 11.8 Å². The molecule has 0 spiro atoms. The molecule has 2 aliphatic rings. The molecular formula is C17H29N3O2. The van der Waals surface area contributed by atoms with E-state index < -0.39 is 5.60 Å². The number of aromatic amines is 1. The fourth-order valence-electron chi connectivity index (χ4n) is 4.20. The molecule has 2 aliphatic heterocycles. The van der Waals surface area contributed by atoms with E-state index in [1.54, 1.807) is 0 Å². The molecule has 0 aliphatic carbocycles. The second-order valence-corrected chi connectivity index (χ2v) is 7.18. The predicted octanol–water partition coefficient (Wildman–Crippen LogP) is 2.03. The molecule has 2 N–H and O–H groups in total. The summed E-state index contributed by atoms with van der Waals surface area (Å²) in [7, 11) is 0. The lowest BCUT2D eigenvalue weighted by Gasteiger charge is -2.48. The quantitative estimate of drug-likeness (QED) is 0.897. The van der Waals surface area contributed by atoms with Crippen molar-refractivity contribution >= 4 is 0 Å². The molecular weight excluding hydrogens is 278 g/mol. The van der Waals surface area contributed by atoms with E-state index in [0.717, 1.165) is 63.5 Å². The van der Waals surface area contributed by atoms with Crippen LogP contribution in [-0.2, 0) is 11.3 Å². The van der Waals surface area contributed by atoms with Gasteiger partial charge in [-0.3, -0.25) is 10.00 Å². The Bertz CT molecular complexity index is 491. The molecule has 2 saturated heterocycles. The molecule has 124 valence electrons. The molecule has 0 saturated carbocycles. The Labute approximate surface area is 133 Å². The van der Waals surface area contributed by atoms with Crippen molar-refractivity contribution < 1.29 is 9.84 Å². The van der Waals surface area contributed by atoms with Crippen molar-refractivity contribution in [3.05, 3.63) is 17.0 Å². The number of H-pyrrole nitrogens is 1. The van der Waals surface area contributed by atoms with Gasteiger partial charge in [-0.15, -0.1) is 0 Å². The van der Waals surface area contributed by atoms with Gasteiger partial charge in [0.05, 0.1) is 11.3 Å². The first-order chi connectivity index (χ1) is 10.5. The van der Waals surface area contributed by atoms with Gasteiger partial charge in [0.25, 0.3) is 0 Å². The highest BCUT2D eigenvalue weighted by atomic mass is 16.5. The lowest BCUT2D eigenvalue weighted by Crippen LogP contribution is -2.55. The number of rotatable bonds is 3. The first-order valence-electron chi connectivity index (χ1n) is 8.53. The summed E-state index contributed by atoms with van der Waals surface area (Å²) in [6, 6.07) is 0. The van der Waals surface area contributed by atoms with Crippen LogP contribution in [0.5, 0.6) is 0 Å². The number of likely N-dealkylation sites (tertiary alicyclic amines) is 1. The zero-order valence-electron chi connectivity index (χ0n) is 14.1. The molecule has 5 nitrogen and oxygen atoms in total. The maximum absolute atomic E-state index is 11.2. The largest absolute Gasteiger partial charge is 0.389 e. The average molecular weight is 307 g/mol. The van der Waals surface area contributed by atoms with Gasteiger partial charge in [0.15, 0.2) is 0 Å². The summed E-state index contributed by atoms with van der Waals surface area (Å²) in [6.45, 7) is 10.8. The summed E-state index contributed by atoms with van der Waals surface area (Å²) in [5, 5.41) is 18.6. The molecule has 2 fully saturated rings. The maximum atomic E-state index is 11.2. The van der Waals surface area contributed by atoms with E-state index in [0.29, 0.717) is 11.8 Å². The number of aromatic nitrogens is 2. The molecule has 0 aromatic carbocycles. The third-order valence-electron chi connectivity index (χ3n) is 5.80. The van der Waals surface area contributed by atoms with Gasteiger partial charge in [0.1, 0.15) is 0 Å². The number of ether oxygens (including phenoxy) is 1. The highest BCUT2D eigenvalue weighted by Gasteiger charge is 2.45. The molecule has 2 atom stereocenters. The Hall–Kier alpha value is -0.910. The third kappa shape index (κ3) is 2.94. The summed E-state index contributed by atoms with van der Waals surface area (Å²) in [5.74, 6) is 0.702. The van der Waals surface area contributed by atoms with Gasteiger partial charge in [0, 0.05) is 44.1 Å². The number of hydrogen-bond acceptors (Lipinski definition) is 4. The second-order valence-electron chi connectivity index (χ2n) is 7.18. The maximum Gasteiger partial charge on any atom is 0.0727 e. The van der Waals surface area contributed by atoms with Crippen LogP contribution >= 0.6 is 0 Å². The second kappa shape index (κ2) is 6.30. The molecule has 0 bridgehead atoms. The molecule has 0 radical (unpaired) electrons. The van der Waals surface area contributed by atoms with E-state index in [1.807, 2.05) is 0 Å². The van der Waals surface area contributed by atoms with Crippen LogP contribution in [0.1, 0.15) is 43.1 Å². The summed E-state index contributed by atoms with van der Waals surface area (Å²) in [5.41, 5.74) is 3.05. The Balaban J connectivity index is 1.64. The Morgan fingerprint density at radius 1 is 1.36 bits per heavy atom. The van der Waals surface area contributed by atoms with Gasteiger partial charge in [-0.25, -0.2) is 0 Å². The fourth-order valence-corrected chi connectivity index (χ4v) is 4.20. The fraction of sp³-hybridized carbons (Fsp3) is 0.824. The average Bonchev–Trinajstić information content (AvgIpc) is 2.84. The van der Waals surface area contributed by atoms with E-state index >= 15 is 0 Å². The number of aryl methyl sites for hydroxylation is 2. The van der Waals surface area contributed by atoms with Crippen molar-refractivity contribution in [2.45, 2.75) is 52.2 Å². The Kier molecular flexibility index (Phi) is 4.57. The van der Waals surface area contributed by atoms with E-state index in [-0.39, 0.29) is 0 Å². The zero-order valence-corrected chi connectivity index (χ0v) is 14.1. The van der Waals surface area contributed by atoms with Gasteiger partial charge >= 0.3 is 0 Å². The van der Waals surface area contributed by atoms with Crippen LogP contribution in [-0.4, -0.2) is 52.1 Å². The Morgan fingerprint density at radius 2 is 2.09 bits per heavy atom. The van der Waals surface area contributed by atoms with Crippen LogP contribution < -0.4 is 0 Å². The number of nitrogens with zero attached hydrogens (tertiary/aromatic N) is 2. The Morgan fingerprint density at radius 3 is 2.68 bits per heavy atom. The standard InChI is InChI=1S/C17H29N3O2/c1-12-10-20(11-16-13(2)18-19-14(16)3)7-6-17(12,21)15-4-8-22-9-5-15/h12,15,21H,4-11H2,1-3H3,(H,18,19)/t12-,17+/m1/s1. The van der Waals surface area contributed by atoms with Gasteiger partial charge in [-0.1, -0.05) is 6.92 Å². The third-order valence-corrected chi connectivity index (χ3v) is 5.80. The lowest BCUT2D eigenvalue weighted by molar-refractivity contribution is -0.131. The SMILES string of the molecule is Cc1n[nH]c(C)c1CN1CC[C@@](O)(C2CCOCC2)[C@H](C)C1. The van der Waals surface area contributed by atoms with Crippen LogP contribution in [0, 0.1) is 25.7 Å². The summed E-state index contributed by atoms with van der Waals surface area (Å²) in [4.78, 5) is 2.46. The zero-order chi connectivity index (χ0) is 15.7. The van der Waals surface area contributed by atoms with Crippen LogP contribution in [0.4, 0.5) is 0 Å². The van der Waals surface area contributed by atoms with E-state index in [1.165, 1.54) is 5.56 Å². The van der Waals surface area contributed by atoms with Crippen molar-refractivity contribution in [1.29, 1.82) is 0 Å². The minimum atomic E-state index is -0.513. The number of hydrogen-bond donors (Lipinski definition) is 2. The molecule has 3 heterocycles. The molecule has 5 heteroatoms. The first kappa shape index (κ1) is 16.0.